The van der Waals surface area contributed by atoms with Gasteiger partial charge in [0.15, 0.2) is 0 Å². The molecule has 1 aromatic carbocycles. The van der Waals surface area contributed by atoms with Crippen LogP contribution in [0, 0.1) is 0 Å². The molecule has 0 aromatic heterocycles. The van der Waals surface area contributed by atoms with Gasteiger partial charge in [-0.2, -0.15) is 0 Å². The molecular weight excluding hydrogens is 216 g/mol. The van der Waals surface area contributed by atoms with Gasteiger partial charge >= 0.3 is 5.97 Å². The Morgan fingerprint density at radius 1 is 0.941 bits per heavy atom. The van der Waals surface area contributed by atoms with E-state index in [1.54, 1.807) is 12.2 Å². The lowest BCUT2D eigenvalue weighted by atomic mass is 10.2. The molecule has 0 aliphatic rings. The fourth-order valence-electron chi connectivity index (χ4n) is 1.07. The van der Waals surface area contributed by atoms with Crippen LogP contribution < -0.4 is 0 Å². The van der Waals surface area contributed by atoms with E-state index >= 15 is 0 Å². The molecule has 0 heterocycles. The molecule has 0 saturated carbocycles. The lowest BCUT2D eigenvalue weighted by Crippen LogP contribution is -2.08. The predicted molar refractivity (Wildman–Crippen MR) is 66.4 cm³/mol. The summed E-state index contributed by atoms with van der Waals surface area (Å²) in [4.78, 5) is 20.8. The summed E-state index contributed by atoms with van der Waals surface area (Å²) < 4.78 is 0. The number of carboxylic acids is 1. The average molecular weight is 228 g/mol. The Morgan fingerprint density at radius 2 is 1.59 bits per heavy atom. The van der Waals surface area contributed by atoms with Crippen LogP contribution in [-0.2, 0) is 9.59 Å². The molecule has 0 aliphatic heterocycles. The minimum atomic E-state index is -1.45. The van der Waals surface area contributed by atoms with E-state index in [0.717, 1.165) is 11.6 Å². The maximum Gasteiger partial charge on any atom is 0.376 e. The number of carboxylic acid groups (broad SMARTS) is 1. The van der Waals surface area contributed by atoms with Crippen molar-refractivity contribution in [3.8, 4) is 0 Å². The van der Waals surface area contributed by atoms with E-state index in [4.69, 9.17) is 5.11 Å². The molecule has 3 heteroatoms. The standard InChI is InChI=1S/C14H12O3/c15-13(14(16)17)11-7-2-1-4-8-12-9-5-3-6-10-12/h1-11H,(H,16,17)/b2-1+,8-4+,11-7+. The molecule has 0 amide bonds. The third-order valence-corrected chi connectivity index (χ3v) is 1.88. The van der Waals surface area contributed by atoms with Crippen molar-refractivity contribution < 1.29 is 14.7 Å². The number of ketones is 1. The van der Waals surface area contributed by atoms with Crippen LogP contribution in [0.5, 0.6) is 0 Å². The van der Waals surface area contributed by atoms with Gasteiger partial charge in [-0.3, -0.25) is 4.79 Å². The summed E-state index contributed by atoms with van der Waals surface area (Å²) in [6, 6.07) is 9.75. The average Bonchev–Trinajstić information content (AvgIpc) is 2.34. The predicted octanol–water partition coefficient (Wildman–Crippen LogP) is 2.47. The van der Waals surface area contributed by atoms with E-state index < -0.39 is 11.8 Å². The monoisotopic (exact) mass is 228 g/mol. The molecule has 1 aromatic rings. The Balaban J connectivity index is 2.44. The fraction of sp³-hybridized carbons (Fsp3) is 0. The van der Waals surface area contributed by atoms with Crippen LogP contribution in [0.15, 0.2) is 60.7 Å². The summed E-state index contributed by atoms with van der Waals surface area (Å²) in [5, 5.41) is 8.29. The van der Waals surface area contributed by atoms with Crippen molar-refractivity contribution in [2.75, 3.05) is 0 Å². The third kappa shape index (κ3) is 5.28. The first-order valence-electron chi connectivity index (χ1n) is 5.04. The molecule has 3 nitrogen and oxygen atoms in total. The van der Waals surface area contributed by atoms with Gasteiger partial charge in [-0.1, -0.05) is 60.7 Å². The zero-order valence-electron chi connectivity index (χ0n) is 9.11. The molecule has 17 heavy (non-hydrogen) atoms. The molecular formula is C14H12O3. The summed E-state index contributed by atoms with van der Waals surface area (Å²) >= 11 is 0. The molecule has 0 atom stereocenters. The highest BCUT2D eigenvalue weighted by atomic mass is 16.4. The molecule has 0 fully saturated rings. The number of aliphatic carboxylic acids is 1. The second-order valence-corrected chi connectivity index (χ2v) is 3.18. The van der Waals surface area contributed by atoms with Gasteiger partial charge in [-0.05, 0) is 11.6 Å². The first kappa shape index (κ1) is 12.6. The van der Waals surface area contributed by atoms with E-state index in [1.165, 1.54) is 6.08 Å². The van der Waals surface area contributed by atoms with Gasteiger partial charge in [-0.15, -0.1) is 0 Å². The highest BCUT2D eigenvalue weighted by Crippen LogP contribution is 2.00. The van der Waals surface area contributed by atoms with Crippen molar-refractivity contribution >= 4 is 17.8 Å². The zero-order valence-corrected chi connectivity index (χ0v) is 9.11. The van der Waals surface area contributed by atoms with Crippen LogP contribution in [0.25, 0.3) is 6.08 Å². The topological polar surface area (TPSA) is 54.4 Å². The van der Waals surface area contributed by atoms with Crippen molar-refractivity contribution in [3.05, 3.63) is 66.3 Å². The number of allylic oxidation sites excluding steroid dienone is 4. The van der Waals surface area contributed by atoms with Crippen LogP contribution in [0.1, 0.15) is 5.56 Å². The maximum atomic E-state index is 10.7. The first-order chi connectivity index (χ1) is 8.20. The van der Waals surface area contributed by atoms with Crippen LogP contribution in [-0.4, -0.2) is 16.9 Å². The van der Waals surface area contributed by atoms with Crippen molar-refractivity contribution in [2.45, 2.75) is 0 Å². The second kappa shape index (κ2) is 6.95. The van der Waals surface area contributed by atoms with Gasteiger partial charge < -0.3 is 5.11 Å². The van der Waals surface area contributed by atoms with Crippen LogP contribution >= 0.6 is 0 Å². The zero-order chi connectivity index (χ0) is 12.5. The Labute approximate surface area is 99.4 Å². The van der Waals surface area contributed by atoms with Gasteiger partial charge in [0.25, 0.3) is 5.78 Å². The number of hydrogen-bond donors (Lipinski definition) is 1. The Kier molecular flexibility index (Phi) is 5.17. The van der Waals surface area contributed by atoms with Gasteiger partial charge in [0, 0.05) is 0 Å². The quantitative estimate of drug-likeness (QED) is 0.478. The second-order valence-electron chi connectivity index (χ2n) is 3.18. The van der Waals surface area contributed by atoms with Gasteiger partial charge in [-0.25, -0.2) is 4.79 Å². The van der Waals surface area contributed by atoms with Crippen molar-refractivity contribution in [2.24, 2.45) is 0 Å². The van der Waals surface area contributed by atoms with Gasteiger partial charge in [0.1, 0.15) is 0 Å². The minimum absolute atomic E-state index is 0.929. The van der Waals surface area contributed by atoms with Crippen molar-refractivity contribution in [1.29, 1.82) is 0 Å². The molecule has 0 saturated heterocycles. The smallest absolute Gasteiger partial charge is 0.376 e. The van der Waals surface area contributed by atoms with E-state index in [-0.39, 0.29) is 0 Å². The molecule has 1 N–H and O–H groups in total. The van der Waals surface area contributed by atoms with Crippen molar-refractivity contribution in [3.63, 3.8) is 0 Å². The molecule has 0 unspecified atom stereocenters. The SMILES string of the molecule is O=C(O)C(=O)/C=C/C=C/C=C/c1ccccc1. The molecule has 0 spiro atoms. The number of carbonyl (C=O) groups excluding carboxylic acids is 1. The number of carbonyl (C=O) groups is 2. The third-order valence-electron chi connectivity index (χ3n) is 1.88. The summed E-state index contributed by atoms with van der Waals surface area (Å²) in [5.41, 5.74) is 1.07. The van der Waals surface area contributed by atoms with Crippen LogP contribution in [0.3, 0.4) is 0 Å². The number of benzene rings is 1. The normalized spacial score (nSPS) is 11.5. The van der Waals surface area contributed by atoms with Crippen LogP contribution in [0.2, 0.25) is 0 Å². The van der Waals surface area contributed by atoms with Crippen LogP contribution in [0.4, 0.5) is 0 Å². The maximum absolute atomic E-state index is 10.7. The largest absolute Gasteiger partial charge is 0.475 e. The summed E-state index contributed by atoms with van der Waals surface area (Å²) in [5.74, 6) is -2.38. The molecule has 1 rings (SSSR count). The lowest BCUT2D eigenvalue weighted by molar-refractivity contribution is -0.146. The summed E-state index contributed by atoms with van der Waals surface area (Å²) in [7, 11) is 0. The van der Waals surface area contributed by atoms with E-state index in [1.807, 2.05) is 42.5 Å². The lowest BCUT2D eigenvalue weighted by Gasteiger charge is -1.87. The van der Waals surface area contributed by atoms with Gasteiger partial charge in [0.2, 0.25) is 0 Å². The highest BCUT2D eigenvalue weighted by molar-refractivity contribution is 6.37. The Morgan fingerprint density at radius 3 is 2.24 bits per heavy atom. The first-order valence-corrected chi connectivity index (χ1v) is 5.04. The van der Waals surface area contributed by atoms with E-state index in [2.05, 4.69) is 0 Å². The highest BCUT2D eigenvalue weighted by Gasteiger charge is 2.03. The van der Waals surface area contributed by atoms with Crippen molar-refractivity contribution in [1.82, 2.24) is 0 Å². The van der Waals surface area contributed by atoms with Gasteiger partial charge in [0.05, 0.1) is 0 Å². The Bertz CT molecular complexity index is 468. The summed E-state index contributed by atoms with van der Waals surface area (Å²) in [6.45, 7) is 0. The summed E-state index contributed by atoms with van der Waals surface area (Å²) in [6.07, 6.45) is 9.44. The van der Waals surface area contributed by atoms with E-state index in [9.17, 15) is 9.59 Å². The van der Waals surface area contributed by atoms with E-state index in [0.29, 0.717) is 0 Å². The molecule has 0 radical (unpaired) electrons. The fourth-order valence-corrected chi connectivity index (χ4v) is 1.07. The Hall–Kier alpha value is -2.42. The molecule has 86 valence electrons. The minimum Gasteiger partial charge on any atom is -0.475 e. The number of rotatable bonds is 5. The molecule has 0 bridgehead atoms. The molecule has 0 aliphatic carbocycles. The number of hydrogen-bond acceptors (Lipinski definition) is 2.